The quantitative estimate of drug-likeness (QED) is 0.675. The molecule has 0 saturated carbocycles. The summed E-state index contributed by atoms with van der Waals surface area (Å²) in [7, 11) is 0. The summed E-state index contributed by atoms with van der Waals surface area (Å²) in [6.45, 7) is 3.64. The molecule has 0 aromatic heterocycles. The molecule has 0 rings (SSSR count). The van der Waals surface area contributed by atoms with Gasteiger partial charge in [0.05, 0.1) is 18.1 Å². The van der Waals surface area contributed by atoms with E-state index in [0.717, 1.165) is 12.8 Å². The van der Waals surface area contributed by atoms with E-state index in [4.69, 9.17) is 5.26 Å². The SMILES string of the molecule is CC(C)(C#N)CCCNCCOCC(F)(F)F. The molecule has 0 saturated heterocycles. The number of hydrogen-bond acceptors (Lipinski definition) is 3. The summed E-state index contributed by atoms with van der Waals surface area (Å²) in [5.41, 5.74) is -0.339. The number of nitriles is 1. The number of nitrogens with one attached hydrogen (secondary N) is 1. The van der Waals surface area contributed by atoms with Gasteiger partial charge >= 0.3 is 6.18 Å². The maximum atomic E-state index is 11.7. The first-order valence-electron chi connectivity index (χ1n) is 5.53. The third-order valence-electron chi connectivity index (χ3n) is 2.15. The van der Waals surface area contributed by atoms with Crippen LogP contribution in [0.3, 0.4) is 0 Å². The maximum Gasteiger partial charge on any atom is 0.411 e. The molecule has 0 aliphatic carbocycles. The van der Waals surface area contributed by atoms with Crippen LogP contribution in [-0.2, 0) is 4.74 Å². The number of nitrogens with zero attached hydrogens (tertiary/aromatic N) is 1. The van der Waals surface area contributed by atoms with Gasteiger partial charge in [0.25, 0.3) is 0 Å². The second kappa shape index (κ2) is 7.51. The zero-order valence-electron chi connectivity index (χ0n) is 10.2. The molecule has 3 nitrogen and oxygen atoms in total. The van der Waals surface area contributed by atoms with Gasteiger partial charge in [0.15, 0.2) is 0 Å². The van der Waals surface area contributed by atoms with Crippen LogP contribution in [0.2, 0.25) is 0 Å². The smallest absolute Gasteiger partial charge is 0.371 e. The normalized spacial score (nSPS) is 12.5. The molecule has 17 heavy (non-hydrogen) atoms. The van der Waals surface area contributed by atoms with Gasteiger partial charge in [-0.3, -0.25) is 0 Å². The van der Waals surface area contributed by atoms with Gasteiger partial charge in [-0.1, -0.05) is 0 Å². The highest BCUT2D eigenvalue weighted by atomic mass is 19.4. The van der Waals surface area contributed by atoms with E-state index in [1.54, 1.807) is 0 Å². The first-order chi connectivity index (χ1) is 7.77. The van der Waals surface area contributed by atoms with Crippen molar-refractivity contribution in [3.05, 3.63) is 0 Å². The number of ether oxygens (including phenoxy) is 1. The standard InChI is InChI=1S/C11H19F3N2O/c1-10(2,8-15)4-3-5-16-6-7-17-9-11(12,13)14/h16H,3-7,9H2,1-2H3. The van der Waals surface area contributed by atoms with Crippen LogP contribution in [0.15, 0.2) is 0 Å². The molecule has 6 heteroatoms. The molecule has 0 unspecified atom stereocenters. The Hall–Kier alpha value is -0.800. The maximum absolute atomic E-state index is 11.7. The molecule has 0 bridgehead atoms. The molecule has 0 aliphatic heterocycles. The molecular formula is C11H19F3N2O. The van der Waals surface area contributed by atoms with Gasteiger partial charge in [-0.05, 0) is 33.2 Å². The van der Waals surface area contributed by atoms with E-state index in [0.29, 0.717) is 13.1 Å². The molecule has 0 aliphatic rings. The lowest BCUT2D eigenvalue weighted by molar-refractivity contribution is -0.173. The van der Waals surface area contributed by atoms with E-state index in [1.165, 1.54) is 0 Å². The summed E-state index contributed by atoms with van der Waals surface area (Å²) in [5.74, 6) is 0. The van der Waals surface area contributed by atoms with Gasteiger partial charge in [0.2, 0.25) is 0 Å². The Morgan fingerprint density at radius 2 is 1.88 bits per heavy atom. The van der Waals surface area contributed by atoms with Crippen molar-refractivity contribution in [3.63, 3.8) is 0 Å². The molecule has 0 heterocycles. The molecular weight excluding hydrogens is 233 g/mol. The summed E-state index contributed by atoms with van der Waals surface area (Å²) < 4.78 is 39.5. The predicted molar refractivity (Wildman–Crippen MR) is 58.4 cm³/mol. The van der Waals surface area contributed by atoms with E-state index in [2.05, 4.69) is 16.1 Å². The summed E-state index contributed by atoms with van der Waals surface area (Å²) in [5, 5.41) is 11.7. The van der Waals surface area contributed by atoms with Crippen LogP contribution < -0.4 is 5.32 Å². The first-order valence-corrected chi connectivity index (χ1v) is 5.53. The average molecular weight is 252 g/mol. The Bertz CT molecular complexity index is 246. The highest BCUT2D eigenvalue weighted by molar-refractivity contribution is 4.91. The Labute approximate surface area is 99.9 Å². The molecule has 0 atom stereocenters. The van der Waals surface area contributed by atoms with Crippen LogP contribution in [0.5, 0.6) is 0 Å². The fourth-order valence-corrected chi connectivity index (χ4v) is 1.17. The summed E-state index contributed by atoms with van der Waals surface area (Å²) in [6, 6.07) is 2.19. The fraction of sp³-hybridized carbons (Fsp3) is 0.909. The van der Waals surface area contributed by atoms with Crippen LogP contribution in [-0.4, -0.2) is 32.5 Å². The summed E-state index contributed by atoms with van der Waals surface area (Å²) in [6.07, 6.45) is -2.67. The zero-order valence-corrected chi connectivity index (χ0v) is 10.2. The number of hydrogen-bond donors (Lipinski definition) is 1. The number of rotatable bonds is 8. The van der Waals surface area contributed by atoms with Crippen molar-refractivity contribution in [1.82, 2.24) is 5.32 Å². The van der Waals surface area contributed by atoms with Crippen molar-refractivity contribution >= 4 is 0 Å². The molecule has 0 amide bonds. The summed E-state index contributed by atoms with van der Waals surface area (Å²) >= 11 is 0. The van der Waals surface area contributed by atoms with Crippen molar-refractivity contribution < 1.29 is 17.9 Å². The molecule has 0 fully saturated rings. The molecule has 100 valence electrons. The van der Waals surface area contributed by atoms with Crippen molar-refractivity contribution in [3.8, 4) is 6.07 Å². The van der Waals surface area contributed by atoms with Gasteiger partial charge in [-0.25, -0.2) is 0 Å². The van der Waals surface area contributed by atoms with Crippen LogP contribution in [0.25, 0.3) is 0 Å². The van der Waals surface area contributed by atoms with E-state index < -0.39 is 12.8 Å². The van der Waals surface area contributed by atoms with Crippen molar-refractivity contribution in [2.24, 2.45) is 5.41 Å². The van der Waals surface area contributed by atoms with Gasteiger partial charge in [0.1, 0.15) is 6.61 Å². The topological polar surface area (TPSA) is 45.0 Å². The highest BCUT2D eigenvalue weighted by Gasteiger charge is 2.27. The van der Waals surface area contributed by atoms with E-state index in [-0.39, 0.29) is 12.0 Å². The zero-order chi connectivity index (χ0) is 13.4. The second-order valence-corrected chi connectivity index (χ2v) is 4.52. The van der Waals surface area contributed by atoms with E-state index in [9.17, 15) is 13.2 Å². The van der Waals surface area contributed by atoms with Gasteiger partial charge in [0, 0.05) is 6.54 Å². The first kappa shape index (κ1) is 16.2. The largest absolute Gasteiger partial charge is 0.411 e. The second-order valence-electron chi connectivity index (χ2n) is 4.52. The van der Waals surface area contributed by atoms with Crippen LogP contribution >= 0.6 is 0 Å². The minimum atomic E-state index is -4.25. The Balaban J connectivity index is 3.29. The van der Waals surface area contributed by atoms with Crippen LogP contribution in [0.1, 0.15) is 26.7 Å². The molecule has 1 N–H and O–H groups in total. The fourth-order valence-electron chi connectivity index (χ4n) is 1.17. The Morgan fingerprint density at radius 1 is 1.24 bits per heavy atom. The van der Waals surface area contributed by atoms with Gasteiger partial charge in [-0.2, -0.15) is 18.4 Å². The monoisotopic (exact) mass is 252 g/mol. The minimum absolute atomic E-state index is 0.0428. The lowest BCUT2D eigenvalue weighted by atomic mass is 9.90. The molecule has 0 aromatic carbocycles. The number of alkyl halides is 3. The van der Waals surface area contributed by atoms with Crippen LogP contribution in [0.4, 0.5) is 13.2 Å². The lowest BCUT2D eigenvalue weighted by Crippen LogP contribution is -2.25. The molecule has 0 radical (unpaired) electrons. The lowest BCUT2D eigenvalue weighted by Gasteiger charge is -2.14. The van der Waals surface area contributed by atoms with Crippen LogP contribution in [0, 0.1) is 16.7 Å². The molecule has 0 spiro atoms. The van der Waals surface area contributed by atoms with Crippen molar-refractivity contribution in [2.75, 3.05) is 26.3 Å². The summed E-state index contributed by atoms with van der Waals surface area (Å²) in [4.78, 5) is 0. The average Bonchev–Trinajstić information content (AvgIpc) is 2.20. The third-order valence-corrected chi connectivity index (χ3v) is 2.15. The van der Waals surface area contributed by atoms with E-state index >= 15 is 0 Å². The Kier molecular flexibility index (Phi) is 7.16. The predicted octanol–water partition coefficient (Wildman–Crippen LogP) is 2.48. The third kappa shape index (κ3) is 11.5. The minimum Gasteiger partial charge on any atom is -0.371 e. The molecule has 0 aromatic rings. The van der Waals surface area contributed by atoms with Gasteiger partial charge < -0.3 is 10.1 Å². The van der Waals surface area contributed by atoms with Crippen molar-refractivity contribution in [1.29, 1.82) is 5.26 Å². The van der Waals surface area contributed by atoms with Gasteiger partial charge in [-0.15, -0.1) is 0 Å². The highest BCUT2D eigenvalue weighted by Crippen LogP contribution is 2.19. The van der Waals surface area contributed by atoms with E-state index in [1.807, 2.05) is 13.8 Å². The Morgan fingerprint density at radius 3 is 2.41 bits per heavy atom. The number of halogens is 3. The van der Waals surface area contributed by atoms with Crippen molar-refractivity contribution in [2.45, 2.75) is 32.9 Å².